The first kappa shape index (κ1) is 12.3. The quantitative estimate of drug-likeness (QED) is 0.914. The third kappa shape index (κ3) is 2.67. The molecule has 2 aromatic rings. The van der Waals surface area contributed by atoms with Gasteiger partial charge in [0, 0.05) is 16.6 Å². The van der Waals surface area contributed by atoms with Gasteiger partial charge in [-0.1, -0.05) is 17.7 Å². The normalized spacial score (nSPS) is 17.5. The van der Waals surface area contributed by atoms with E-state index in [9.17, 15) is 0 Å². The molecule has 0 spiro atoms. The minimum absolute atomic E-state index is 0.0162. The fraction of sp³-hybridized carbons (Fsp3) is 0.200. The predicted molar refractivity (Wildman–Crippen MR) is 75.1 cm³/mol. The molecule has 1 aliphatic rings. The number of hydrogen-bond acceptors (Lipinski definition) is 3. The third-order valence-electron chi connectivity index (χ3n) is 3.05. The van der Waals surface area contributed by atoms with Crippen molar-refractivity contribution in [3.63, 3.8) is 0 Å². The molecule has 3 nitrogen and oxygen atoms in total. The van der Waals surface area contributed by atoms with Gasteiger partial charge in [0.15, 0.2) is 0 Å². The van der Waals surface area contributed by atoms with E-state index in [4.69, 9.17) is 26.8 Å². The fourth-order valence-corrected chi connectivity index (χ4v) is 2.25. The average molecular weight is 276 g/mol. The van der Waals surface area contributed by atoms with E-state index in [0.29, 0.717) is 11.6 Å². The highest BCUT2D eigenvalue weighted by Crippen LogP contribution is 2.35. The van der Waals surface area contributed by atoms with Crippen LogP contribution in [0.5, 0.6) is 17.2 Å². The SMILES string of the molecule is NC1COc2cccc(Oc3ccc(Cl)cc3)c2C1. The second kappa shape index (κ2) is 5.11. The highest BCUT2D eigenvalue weighted by molar-refractivity contribution is 6.30. The van der Waals surface area contributed by atoms with Gasteiger partial charge >= 0.3 is 0 Å². The van der Waals surface area contributed by atoms with E-state index in [2.05, 4.69) is 0 Å². The van der Waals surface area contributed by atoms with Gasteiger partial charge in [0.25, 0.3) is 0 Å². The van der Waals surface area contributed by atoms with Gasteiger partial charge < -0.3 is 15.2 Å². The van der Waals surface area contributed by atoms with E-state index >= 15 is 0 Å². The van der Waals surface area contributed by atoms with E-state index < -0.39 is 0 Å². The first-order valence-electron chi connectivity index (χ1n) is 6.16. The topological polar surface area (TPSA) is 44.5 Å². The second-order valence-corrected chi connectivity index (χ2v) is 5.00. The lowest BCUT2D eigenvalue weighted by atomic mass is 10.0. The number of nitrogens with two attached hydrogens (primary N) is 1. The molecule has 0 amide bonds. The Bertz CT molecular complexity index is 583. The monoisotopic (exact) mass is 275 g/mol. The third-order valence-corrected chi connectivity index (χ3v) is 3.30. The number of rotatable bonds is 2. The van der Waals surface area contributed by atoms with Gasteiger partial charge in [-0.15, -0.1) is 0 Å². The van der Waals surface area contributed by atoms with Gasteiger partial charge in [0.05, 0.1) is 0 Å². The van der Waals surface area contributed by atoms with Gasteiger partial charge in [-0.2, -0.15) is 0 Å². The average Bonchev–Trinajstić information content (AvgIpc) is 2.42. The summed E-state index contributed by atoms with van der Waals surface area (Å²) in [6.45, 7) is 0.553. The van der Waals surface area contributed by atoms with Crippen molar-refractivity contribution in [2.45, 2.75) is 12.5 Å². The summed E-state index contributed by atoms with van der Waals surface area (Å²) in [4.78, 5) is 0. The lowest BCUT2D eigenvalue weighted by Crippen LogP contribution is -2.33. The number of benzene rings is 2. The minimum atomic E-state index is 0.0162. The van der Waals surface area contributed by atoms with Crippen LogP contribution in [-0.4, -0.2) is 12.6 Å². The van der Waals surface area contributed by atoms with Crippen molar-refractivity contribution in [3.8, 4) is 17.2 Å². The molecule has 1 heterocycles. The Morgan fingerprint density at radius 1 is 1.16 bits per heavy atom. The Kier molecular flexibility index (Phi) is 3.32. The van der Waals surface area contributed by atoms with Crippen LogP contribution in [0.4, 0.5) is 0 Å². The van der Waals surface area contributed by atoms with E-state index in [1.165, 1.54) is 0 Å². The molecule has 1 atom stereocenters. The summed E-state index contributed by atoms with van der Waals surface area (Å²) >= 11 is 5.86. The van der Waals surface area contributed by atoms with Crippen LogP contribution in [0.2, 0.25) is 5.02 Å². The maximum absolute atomic E-state index is 5.93. The Morgan fingerprint density at radius 2 is 1.95 bits per heavy atom. The molecule has 3 rings (SSSR count). The molecule has 0 aromatic heterocycles. The second-order valence-electron chi connectivity index (χ2n) is 4.56. The Morgan fingerprint density at radius 3 is 2.74 bits per heavy atom. The number of halogens is 1. The number of hydrogen-bond donors (Lipinski definition) is 1. The molecular weight excluding hydrogens is 262 g/mol. The predicted octanol–water partition coefficient (Wildman–Crippen LogP) is 3.39. The summed E-state index contributed by atoms with van der Waals surface area (Å²) < 4.78 is 11.5. The van der Waals surface area contributed by atoms with Gasteiger partial charge in [0.1, 0.15) is 23.9 Å². The van der Waals surface area contributed by atoms with Crippen molar-refractivity contribution in [1.82, 2.24) is 0 Å². The number of ether oxygens (including phenoxy) is 2. The van der Waals surface area contributed by atoms with Crippen molar-refractivity contribution in [2.75, 3.05) is 6.61 Å². The highest BCUT2D eigenvalue weighted by Gasteiger charge is 2.20. The molecule has 0 fully saturated rings. The first-order chi connectivity index (χ1) is 9.22. The molecule has 4 heteroatoms. The Labute approximate surface area is 116 Å². The van der Waals surface area contributed by atoms with Crippen LogP contribution in [0.3, 0.4) is 0 Å². The summed E-state index contributed by atoms with van der Waals surface area (Å²) in [5.41, 5.74) is 6.96. The van der Waals surface area contributed by atoms with Gasteiger partial charge in [0.2, 0.25) is 0 Å². The van der Waals surface area contributed by atoms with Gasteiger partial charge in [-0.3, -0.25) is 0 Å². The van der Waals surface area contributed by atoms with Crippen molar-refractivity contribution < 1.29 is 9.47 Å². The molecule has 2 N–H and O–H groups in total. The molecule has 0 saturated carbocycles. The maximum Gasteiger partial charge on any atom is 0.134 e. The lowest BCUT2D eigenvalue weighted by molar-refractivity contribution is 0.260. The summed E-state index contributed by atoms with van der Waals surface area (Å²) in [6, 6.07) is 13.1. The summed E-state index contributed by atoms with van der Waals surface area (Å²) in [7, 11) is 0. The van der Waals surface area contributed by atoms with Crippen LogP contribution in [0.15, 0.2) is 42.5 Å². The first-order valence-corrected chi connectivity index (χ1v) is 6.54. The molecule has 2 aromatic carbocycles. The summed E-state index contributed by atoms with van der Waals surface area (Å²) in [5, 5.41) is 0.688. The standard InChI is InChI=1S/C15H14ClNO2/c16-10-4-6-12(7-5-10)19-15-3-1-2-14-13(15)8-11(17)9-18-14/h1-7,11H,8-9,17H2. The smallest absolute Gasteiger partial charge is 0.134 e. The molecule has 1 unspecified atom stereocenters. The maximum atomic E-state index is 5.93. The van der Waals surface area contributed by atoms with E-state index in [0.717, 1.165) is 29.2 Å². The van der Waals surface area contributed by atoms with Gasteiger partial charge in [-0.05, 0) is 42.8 Å². The van der Waals surface area contributed by atoms with Crippen LogP contribution in [0, 0.1) is 0 Å². The molecule has 0 aliphatic carbocycles. The zero-order chi connectivity index (χ0) is 13.2. The van der Waals surface area contributed by atoms with Crippen molar-refractivity contribution >= 4 is 11.6 Å². The summed E-state index contributed by atoms with van der Waals surface area (Å²) in [5.74, 6) is 2.39. The molecule has 0 radical (unpaired) electrons. The summed E-state index contributed by atoms with van der Waals surface area (Å²) in [6.07, 6.45) is 0.763. The molecule has 0 bridgehead atoms. The highest BCUT2D eigenvalue weighted by atomic mass is 35.5. The van der Waals surface area contributed by atoms with Crippen molar-refractivity contribution in [3.05, 3.63) is 53.1 Å². The lowest BCUT2D eigenvalue weighted by Gasteiger charge is -2.24. The zero-order valence-corrected chi connectivity index (χ0v) is 11.1. The fourth-order valence-electron chi connectivity index (χ4n) is 2.13. The van der Waals surface area contributed by atoms with Crippen LogP contribution in [0.25, 0.3) is 0 Å². The zero-order valence-electron chi connectivity index (χ0n) is 10.3. The largest absolute Gasteiger partial charge is 0.492 e. The van der Waals surface area contributed by atoms with Crippen LogP contribution in [0.1, 0.15) is 5.56 Å². The molecule has 1 aliphatic heterocycles. The molecule has 0 saturated heterocycles. The van der Waals surface area contributed by atoms with Crippen LogP contribution in [-0.2, 0) is 6.42 Å². The Balaban J connectivity index is 1.91. The van der Waals surface area contributed by atoms with Crippen LogP contribution >= 0.6 is 11.6 Å². The van der Waals surface area contributed by atoms with E-state index in [1.807, 2.05) is 30.3 Å². The number of fused-ring (bicyclic) bond motifs is 1. The molecular formula is C15H14ClNO2. The Hall–Kier alpha value is -1.71. The van der Waals surface area contributed by atoms with E-state index in [-0.39, 0.29) is 6.04 Å². The van der Waals surface area contributed by atoms with Crippen molar-refractivity contribution in [1.29, 1.82) is 0 Å². The minimum Gasteiger partial charge on any atom is -0.492 e. The molecule has 19 heavy (non-hydrogen) atoms. The molecule has 98 valence electrons. The van der Waals surface area contributed by atoms with Crippen LogP contribution < -0.4 is 15.2 Å². The van der Waals surface area contributed by atoms with Crippen molar-refractivity contribution in [2.24, 2.45) is 5.73 Å². The van der Waals surface area contributed by atoms with E-state index in [1.54, 1.807) is 12.1 Å². The van der Waals surface area contributed by atoms with Gasteiger partial charge in [-0.25, -0.2) is 0 Å².